The van der Waals surface area contributed by atoms with Crippen LogP contribution in [0, 0.1) is 5.92 Å². The second-order valence-electron chi connectivity index (χ2n) is 6.04. The minimum Gasteiger partial charge on any atom is -0.391 e. The summed E-state index contributed by atoms with van der Waals surface area (Å²) in [4.78, 5) is 18.7. The maximum atomic E-state index is 12.6. The monoisotopic (exact) mass is 331 g/mol. The highest BCUT2D eigenvalue weighted by Crippen LogP contribution is 2.21. The van der Waals surface area contributed by atoms with Gasteiger partial charge in [-0.3, -0.25) is 9.79 Å². The van der Waals surface area contributed by atoms with Gasteiger partial charge in [-0.1, -0.05) is 32.6 Å². The molecule has 4 nitrogen and oxygen atoms in total. The predicted octanol–water partition coefficient (Wildman–Crippen LogP) is 3.74. The Hall–Kier alpha value is -2.10. The van der Waals surface area contributed by atoms with Crippen LogP contribution in [0.3, 0.4) is 0 Å². The first-order valence-electron chi connectivity index (χ1n) is 8.33. The molecule has 0 heterocycles. The normalized spacial score (nSPS) is 15.6. The Morgan fingerprint density at radius 2 is 1.92 bits per heavy atom. The van der Waals surface area contributed by atoms with E-state index in [-0.39, 0.29) is 11.8 Å². The molecule has 0 aromatic carbocycles. The van der Waals surface area contributed by atoms with Gasteiger partial charge < -0.3 is 10.2 Å². The summed E-state index contributed by atoms with van der Waals surface area (Å²) < 4.78 is 0. The summed E-state index contributed by atoms with van der Waals surface area (Å²) in [5.41, 5.74) is 4.62. The van der Waals surface area contributed by atoms with Crippen molar-refractivity contribution in [3.63, 3.8) is 0 Å². The van der Waals surface area contributed by atoms with Crippen LogP contribution in [0.4, 0.5) is 0 Å². The Morgan fingerprint density at radius 1 is 1.33 bits per heavy atom. The molecule has 0 aliphatic heterocycles. The lowest BCUT2D eigenvalue weighted by Crippen LogP contribution is -2.27. The summed E-state index contributed by atoms with van der Waals surface area (Å²) in [7, 11) is 7.21. The Kier molecular flexibility index (Phi) is 9.70. The molecule has 0 fully saturated rings. The van der Waals surface area contributed by atoms with E-state index >= 15 is 0 Å². The SMILES string of the molecule is C=C/C=C(\C=C(\C(=O)N(C)C)C(C)CC)C(=NC)/C(C)=C(\C)NC. The molecule has 0 aliphatic carbocycles. The highest BCUT2D eigenvalue weighted by molar-refractivity contribution is 6.15. The van der Waals surface area contributed by atoms with Gasteiger partial charge in [0.1, 0.15) is 0 Å². The molecule has 4 heteroatoms. The van der Waals surface area contributed by atoms with E-state index in [9.17, 15) is 4.79 Å². The second-order valence-corrected chi connectivity index (χ2v) is 6.04. The van der Waals surface area contributed by atoms with Crippen molar-refractivity contribution in [2.75, 3.05) is 28.2 Å². The molecule has 0 aromatic heterocycles. The minimum absolute atomic E-state index is 0.0294. The molecule has 24 heavy (non-hydrogen) atoms. The minimum atomic E-state index is 0.0294. The largest absolute Gasteiger partial charge is 0.391 e. The first kappa shape index (κ1) is 21.9. The summed E-state index contributed by atoms with van der Waals surface area (Å²) in [6.07, 6.45) is 6.48. The van der Waals surface area contributed by atoms with Crippen LogP contribution in [0.1, 0.15) is 34.1 Å². The molecule has 0 saturated carbocycles. The van der Waals surface area contributed by atoms with Crippen molar-refractivity contribution in [2.24, 2.45) is 10.9 Å². The van der Waals surface area contributed by atoms with Crippen LogP contribution >= 0.6 is 0 Å². The number of hydrogen-bond donors (Lipinski definition) is 1. The van der Waals surface area contributed by atoms with Gasteiger partial charge in [-0.25, -0.2) is 0 Å². The maximum Gasteiger partial charge on any atom is 0.249 e. The van der Waals surface area contributed by atoms with E-state index in [1.165, 1.54) is 0 Å². The molecule has 0 aliphatic rings. The molecule has 0 rings (SSSR count). The third kappa shape index (κ3) is 5.84. The van der Waals surface area contributed by atoms with Crippen molar-refractivity contribution in [3.8, 4) is 0 Å². The molecule has 1 N–H and O–H groups in total. The smallest absolute Gasteiger partial charge is 0.249 e. The van der Waals surface area contributed by atoms with Crippen LogP contribution in [0.5, 0.6) is 0 Å². The Morgan fingerprint density at radius 3 is 2.29 bits per heavy atom. The molecule has 134 valence electrons. The zero-order valence-corrected chi connectivity index (χ0v) is 16.5. The average molecular weight is 332 g/mol. The fraction of sp³-hybridized carbons (Fsp3) is 0.500. The molecule has 0 bridgehead atoms. The van der Waals surface area contributed by atoms with Gasteiger partial charge in [0.15, 0.2) is 0 Å². The van der Waals surface area contributed by atoms with Gasteiger partial charge in [0.05, 0.1) is 5.71 Å². The first-order valence-corrected chi connectivity index (χ1v) is 8.33. The summed E-state index contributed by atoms with van der Waals surface area (Å²) in [5.74, 6) is 0.197. The number of carbonyl (C=O) groups is 1. The van der Waals surface area contributed by atoms with Gasteiger partial charge in [-0.15, -0.1) is 0 Å². The van der Waals surface area contributed by atoms with Crippen molar-refractivity contribution in [3.05, 3.63) is 47.2 Å². The Bertz CT molecular complexity index is 578. The average Bonchev–Trinajstić information content (AvgIpc) is 2.57. The van der Waals surface area contributed by atoms with Crippen LogP contribution in [-0.4, -0.2) is 44.7 Å². The summed E-state index contributed by atoms with van der Waals surface area (Å²) in [6.45, 7) is 12.0. The van der Waals surface area contributed by atoms with E-state index in [1.54, 1.807) is 32.1 Å². The lowest BCUT2D eigenvalue weighted by atomic mass is 9.92. The number of allylic oxidation sites excluding steroid dienone is 6. The zero-order valence-electron chi connectivity index (χ0n) is 16.5. The highest BCUT2D eigenvalue weighted by atomic mass is 16.2. The number of rotatable bonds is 8. The molecule has 1 atom stereocenters. The quantitative estimate of drug-likeness (QED) is 0.418. The van der Waals surface area contributed by atoms with Crippen molar-refractivity contribution in [1.82, 2.24) is 10.2 Å². The highest BCUT2D eigenvalue weighted by Gasteiger charge is 2.19. The van der Waals surface area contributed by atoms with Crippen LogP contribution in [0.2, 0.25) is 0 Å². The number of amides is 1. The standard InChI is InChI=1S/C20H33N3O/c1-10-12-17(19(22-7)15(4)16(5)21-6)13-18(14(3)11-2)20(24)23(8)9/h10,12-14,21H,1,11H2,2-9H3/b16-15+,17-12+,18-13+,22-19?. The molecule has 0 aromatic rings. The van der Waals surface area contributed by atoms with Gasteiger partial charge in [0, 0.05) is 45.0 Å². The fourth-order valence-electron chi connectivity index (χ4n) is 2.26. The van der Waals surface area contributed by atoms with Crippen molar-refractivity contribution in [2.45, 2.75) is 34.1 Å². The number of aliphatic imine (C=N–C) groups is 1. The topological polar surface area (TPSA) is 44.7 Å². The number of likely N-dealkylation sites (N-methyl/N-ethyl adjacent to an activating group) is 1. The van der Waals surface area contributed by atoms with Crippen molar-refractivity contribution in [1.29, 1.82) is 0 Å². The van der Waals surface area contributed by atoms with Gasteiger partial charge in [-0.2, -0.15) is 0 Å². The van der Waals surface area contributed by atoms with Crippen molar-refractivity contribution < 1.29 is 4.79 Å². The van der Waals surface area contributed by atoms with Gasteiger partial charge in [-0.05, 0) is 37.8 Å². The van der Waals surface area contributed by atoms with Gasteiger partial charge >= 0.3 is 0 Å². The third-order valence-corrected chi connectivity index (χ3v) is 4.19. The number of hydrogen-bond acceptors (Lipinski definition) is 3. The van der Waals surface area contributed by atoms with E-state index in [0.29, 0.717) is 0 Å². The fourth-order valence-corrected chi connectivity index (χ4v) is 2.26. The molecule has 0 radical (unpaired) electrons. The van der Waals surface area contributed by atoms with Gasteiger partial charge in [0.2, 0.25) is 5.91 Å². The molecular formula is C20H33N3O. The number of carbonyl (C=O) groups excluding carboxylic acids is 1. The molecule has 0 spiro atoms. The van der Waals surface area contributed by atoms with Gasteiger partial charge in [0.25, 0.3) is 0 Å². The summed E-state index contributed by atoms with van der Waals surface area (Å²) in [6, 6.07) is 0. The first-order chi connectivity index (χ1) is 11.2. The van der Waals surface area contributed by atoms with E-state index < -0.39 is 0 Å². The van der Waals surface area contributed by atoms with Crippen LogP contribution in [-0.2, 0) is 4.79 Å². The predicted molar refractivity (Wildman–Crippen MR) is 105 cm³/mol. The van der Waals surface area contributed by atoms with E-state index in [4.69, 9.17) is 0 Å². The van der Waals surface area contributed by atoms with Crippen LogP contribution < -0.4 is 5.32 Å². The van der Waals surface area contributed by atoms with Crippen LogP contribution in [0.15, 0.2) is 52.2 Å². The van der Waals surface area contributed by atoms with E-state index in [1.807, 2.05) is 33.0 Å². The molecule has 1 amide bonds. The van der Waals surface area contributed by atoms with E-state index in [0.717, 1.165) is 34.5 Å². The summed E-state index contributed by atoms with van der Waals surface area (Å²) >= 11 is 0. The third-order valence-electron chi connectivity index (χ3n) is 4.19. The molecule has 1 unspecified atom stereocenters. The lowest BCUT2D eigenvalue weighted by molar-refractivity contribution is -0.125. The second kappa shape index (κ2) is 10.6. The van der Waals surface area contributed by atoms with Crippen molar-refractivity contribution >= 4 is 11.6 Å². The number of nitrogens with zero attached hydrogens (tertiary/aromatic N) is 2. The Labute approximate surface area is 147 Å². The summed E-state index contributed by atoms with van der Waals surface area (Å²) in [5, 5.41) is 3.15. The molecule has 0 saturated heterocycles. The zero-order chi connectivity index (χ0) is 18.9. The van der Waals surface area contributed by atoms with Crippen LogP contribution in [0.25, 0.3) is 0 Å². The van der Waals surface area contributed by atoms with E-state index in [2.05, 4.69) is 30.7 Å². The Balaban J connectivity index is 6.27. The lowest BCUT2D eigenvalue weighted by Gasteiger charge is -2.20. The molecular weight excluding hydrogens is 298 g/mol. The maximum absolute atomic E-state index is 12.6. The number of nitrogens with one attached hydrogen (secondary N) is 1.